The molecule has 1 aromatic rings. The Bertz CT molecular complexity index is 844. The van der Waals surface area contributed by atoms with Gasteiger partial charge in [-0.3, -0.25) is 14.6 Å². The summed E-state index contributed by atoms with van der Waals surface area (Å²) < 4.78 is 5.40. The molecule has 29 heavy (non-hydrogen) atoms. The minimum Gasteiger partial charge on any atom is -0.379 e. The molecule has 0 radical (unpaired) electrons. The van der Waals surface area contributed by atoms with Gasteiger partial charge in [-0.25, -0.2) is 4.79 Å². The molecule has 156 valence electrons. The first-order chi connectivity index (χ1) is 14.0. The van der Waals surface area contributed by atoms with Crippen LogP contribution in [-0.2, 0) is 9.53 Å². The lowest BCUT2D eigenvalue weighted by atomic mass is 9.91. The van der Waals surface area contributed by atoms with Crippen molar-refractivity contribution in [3.05, 3.63) is 46.2 Å². The molecule has 3 aliphatic rings. The Morgan fingerprint density at radius 3 is 2.62 bits per heavy atom. The molecule has 1 unspecified atom stereocenters. The second-order valence-corrected chi connectivity index (χ2v) is 8.20. The number of hydrogen-bond donors (Lipinski definition) is 1. The van der Waals surface area contributed by atoms with Crippen LogP contribution in [0.2, 0.25) is 0 Å². The lowest BCUT2D eigenvalue weighted by molar-refractivity contribution is -0.125. The summed E-state index contributed by atoms with van der Waals surface area (Å²) in [7, 11) is 1.74. The fraction of sp³-hybridized carbons (Fsp3) is 0.545. The van der Waals surface area contributed by atoms with Crippen LogP contribution in [-0.4, -0.2) is 79.6 Å². The second-order valence-electron chi connectivity index (χ2n) is 8.20. The zero-order chi connectivity index (χ0) is 20.5. The largest absolute Gasteiger partial charge is 0.379 e. The van der Waals surface area contributed by atoms with Crippen molar-refractivity contribution in [3.8, 4) is 0 Å². The van der Waals surface area contributed by atoms with Crippen molar-refractivity contribution in [2.45, 2.75) is 26.3 Å². The molecular formula is C22H30N4O3. The van der Waals surface area contributed by atoms with E-state index in [1.165, 1.54) is 5.56 Å². The normalized spacial score (nSPS) is 22.9. The molecule has 1 N–H and O–H groups in total. The van der Waals surface area contributed by atoms with Gasteiger partial charge in [-0.05, 0) is 31.4 Å². The molecule has 0 aliphatic carbocycles. The average molecular weight is 399 g/mol. The van der Waals surface area contributed by atoms with E-state index in [1.807, 2.05) is 30.9 Å². The summed E-state index contributed by atoms with van der Waals surface area (Å²) in [5.74, 6) is 0.0406. The van der Waals surface area contributed by atoms with Crippen LogP contribution < -0.4 is 5.32 Å². The lowest BCUT2D eigenvalue weighted by Gasteiger charge is -2.31. The maximum atomic E-state index is 13.3. The number of carbonyl (C=O) groups excluding carboxylic acids is 2. The lowest BCUT2D eigenvalue weighted by Crippen LogP contribution is -2.45. The minimum atomic E-state index is -0.383. The number of amides is 3. The molecule has 1 fully saturated rings. The molecule has 4 rings (SSSR count). The van der Waals surface area contributed by atoms with Gasteiger partial charge in [-0.1, -0.05) is 23.8 Å². The number of nitrogens with one attached hydrogen (secondary N) is 1. The molecule has 3 amide bonds. The van der Waals surface area contributed by atoms with E-state index in [1.54, 1.807) is 11.9 Å². The van der Waals surface area contributed by atoms with Crippen LogP contribution in [0.3, 0.4) is 0 Å². The number of aryl methyl sites for hydroxylation is 2. The first kappa shape index (κ1) is 19.9. The van der Waals surface area contributed by atoms with E-state index in [0.29, 0.717) is 18.7 Å². The third kappa shape index (κ3) is 3.89. The van der Waals surface area contributed by atoms with Crippen molar-refractivity contribution < 1.29 is 14.3 Å². The van der Waals surface area contributed by atoms with E-state index in [4.69, 9.17) is 4.74 Å². The van der Waals surface area contributed by atoms with Crippen LogP contribution >= 0.6 is 0 Å². The van der Waals surface area contributed by atoms with Gasteiger partial charge < -0.3 is 15.0 Å². The molecule has 3 aliphatic heterocycles. The number of urea groups is 1. The van der Waals surface area contributed by atoms with Crippen molar-refractivity contribution >= 4 is 11.9 Å². The second kappa shape index (κ2) is 8.16. The number of morpholine rings is 1. The highest BCUT2D eigenvalue weighted by atomic mass is 16.5. The van der Waals surface area contributed by atoms with Gasteiger partial charge >= 0.3 is 6.03 Å². The van der Waals surface area contributed by atoms with Crippen molar-refractivity contribution in [1.29, 1.82) is 0 Å². The Labute approximate surface area is 172 Å². The minimum absolute atomic E-state index is 0.0406. The molecule has 3 heterocycles. The SMILES string of the molecule is Cc1ccc(C2NC(=O)N(C)C3=C2C(=O)N(CCCN2CCOCC2)C3)c(C)c1. The van der Waals surface area contributed by atoms with Crippen LogP contribution in [0.15, 0.2) is 29.5 Å². The predicted molar refractivity (Wildman–Crippen MR) is 110 cm³/mol. The third-order valence-electron chi connectivity index (χ3n) is 6.18. The molecule has 0 bridgehead atoms. The van der Waals surface area contributed by atoms with Gasteiger partial charge in [0, 0.05) is 33.2 Å². The molecule has 1 aromatic carbocycles. The molecule has 0 aromatic heterocycles. The fourth-order valence-corrected chi connectivity index (χ4v) is 4.50. The van der Waals surface area contributed by atoms with Crippen molar-refractivity contribution in [2.75, 3.05) is 53.0 Å². The number of hydrogen-bond acceptors (Lipinski definition) is 4. The van der Waals surface area contributed by atoms with Crippen LogP contribution in [0.1, 0.15) is 29.2 Å². The van der Waals surface area contributed by atoms with Crippen LogP contribution in [0.25, 0.3) is 0 Å². The Hall–Kier alpha value is -2.38. The summed E-state index contributed by atoms with van der Waals surface area (Å²) in [4.78, 5) is 31.7. The van der Waals surface area contributed by atoms with Crippen LogP contribution in [0, 0.1) is 13.8 Å². The van der Waals surface area contributed by atoms with Crippen molar-refractivity contribution in [3.63, 3.8) is 0 Å². The van der Waals surface area contributed by atoms with E-state index in [0.717, 1.165) is 56.1 Å². The van der Waals surface area contributed by atoms with Gasteiger partial charge in [-0.2, -0.15) is 0 Å². The average Bonchev–Trinajstić information content (AvgIpc) is 3.03. The Morgan fingerprint density at radius 1 is 1.14 bits per heavy atom. The zero-order valence-corrected chi connectivity index (χ0v) is 17.5. The van der Waals surface area contributed by atoms with E-state index < -0.39 is 0 Å². The highest BCUT2D eigenvalue weighted by molar-refractivity contribution is 6.01. The predicted octanol–water partition coefficient (Wildman–Crippen LogP) is 1.82. The van der Waals surface area contributed by atoms with Gasteiger partial charge in [-0.15, -0.1) is 0 Å². The highest BCUT2D eigenvalue weighted by Crippen LogP contribution is 2.36. The highest BCUT2D eigenvalue weighted by Gasteiger charge is 2.43. The monoisotopic (exact) mass is 398 g/mol. The smallest absolute Gasteiger partial charge is 0.322 e. The summed E-state index contributed by atoms with van der Waals surface area (Å²) in [6.45, 7) is 9.73. The molecular weight excluding hydrogens is 368 g/mol. The number of nitrogens with zero attached hydrogens (tertiary/aromatic N) is 3. The standard InChI is InChI=1S/C22H30N4O3/c1-15-5-6-17(16(2)13-15)20-19-18(24(3)22(28)23-20)14-26(21(19)27)8-4-7-25-9-11-29-12-10-25/h5-6,13,20H,4,7-12,14H2,1-3H3,(H,23,28). The number of carbonyl (C=O) groups is 2. The topological polar surface area (TPSA) is 65.1 Å². The van der Waals surface area contributed by atoms with E-state index in [2.05, 4.69) is 16.3 Å². The number of ether oxygens (including phenoxy) is 1. The van der Waals surface area contributed by atoms with Crippen LogP contribution in [0.5, 0.6) is 0 Å². The van der Waals surface area contributed by atoms with E-state index >= 15 is 0 Å². The quantitative estimate of drug-likeness (QED) is 0.822. The maximum Gasteiger partial charge on any atom is 0.322 e. The van der Waals surface area contributed by atoms with Crippen molar-refractivity contribution in [2.24, 2.45) is 0 Å². The van der Waals surface area contributed by atoms with Gasteiger partial charge in [0.1, 0.15) is 0 Å². The number of rotatable bonds is 5. The van der Waals surface area contributed by atoms with Crippen LogP contribution in [0.4, 0.5) is 4.79 Å². The number of likely N-dealkylation sites (N-methyl/N-ethyl adjacent to an activating group) is 1. The van der Waals surface area contributed by atoms with Gasteiger partial charge in [0.2, 0.25) is 0 Å². The first-order valence-corrected chi connectivity index (χ1v) is 10.4. The van der Waals surface area contributed by atoms with Gasteiger partial charge in [0.15, 0.2) is 0 Å². The number of benzene rings is 1. The zero-order valence-electron chi connectivity index (χ0n) is 17.5. The Kier molecular flexibility index (Phi) is 5.61. The Morgan fingerprint density at radius 2 is 1.90 bits per heavy atom. The molecule has 0 saturated carbocycles. The molecule has 1 saturated heterocycles. The summed E-state index contributed by atoms with van der Waals surface area (Å²) in [5.41, 5.74) is 4.79. The molecule has 7 nitrogen and oxygen atoms in total. The molecule has 7 heteroatoms. The maximum absolute atomic E-state index is 13.3. The van der Waals surface area contributed by atoms with E-state index in [-0.39, 0.29) is 18.0 Å². The summed E-state index contributed by atoms with van der Waals surface area (Å²) in [6.07, 6.45) is 0.922. The third-order valence-corrected chi connectivity index (χ3v) is 6.18. The molecule has 0 spiro atoms. The van der Waals surface area contributed by atoms with Crippen molar-refractivity contribution in [1.82, 2.24) is 20.0 Å². The molecule has 1 atom stereocenters. The summed E-state index contributed by atoms with van der Waals surface area (Å²) >= 11 is 0. The fourth-order valence-electron chi connectivity index (χ4n) is 4.50. The van der Waals surface area contributed by atoms with E-state index in [9.17, 15) is 9.59 Å². The van der Waals surface area contributed by atoms with Gasteiger partial charge in [0.25, 0.3) is 5.91 Å². The van der Waals surface area contributed by atoms with Gasteiger partial charge in [0.05, 0.1) is 37.1 Å². The first-order valence-electron chi connectivity index (χ1n) is 10.4. The summed E-state index contributed by atoms with van der Waals surface area (Å²) in [5, 5.41) is 3.03. The summed E-state index contributed by atoms with van der Waals surface area (Å²) in [6, 6.07) is 5.62. The Balaban J connectivity index is 1.50.